The van der Waals surface area contributed by atoms with E-state index in [1.165, 1.54) is 28.4 Å². The van der Waals surface area contributed by atoms with Gasteiger partial charge in [-0.3, -0.25) is 9.59 Å². The molecule has 11 nitrogen and oxygen atoms in total. The predicted octanol–water partition coefficient (Wildman–Crippen LogP) is 8.52. The zero-order valence-electron chi connectivity index (χ0n) is 32.9. The van der Waals surface area contributed by atoms with Crippen molar-refractivity contribution in [3.05, 3.63) is 112 Å². The molecule has 0 aromatic heterocycles. The van der Waals surface area contributed by atoms with Crippen LogP contribution in [0.2, 0.25) is 6.04 Å². The Hall–Kier alpha value is -5.11. The van der Waals surface area contributed by atoms with Gasteiger partial charge in [0, 0.05) is 38.5 Å². The van der Waals surface area contributed by atoms with Gasteiger partial charge in [-0.15, -0.1) is 0 Å². The molecule has 1 aliphatic carbocycles. The van der Waals surface area contributed by atoms with Crippen LogP contribution in [0.1, 0.15) is 91.9 Å². The van der Waals surface area contributed by atoms with E-state index in [0.717, 1.165) is 22.3 Å². The van der Waals surface area contributed by atoms with Gasteiger partial charge in [0.05, 0.1) is 42.8 Å². The summed E-state index contributed by atoms with van der Waals surface area (Å²) in [6.07, 6.45) is 1.59. The molecule has 0 N–H and O–H groups in total. The Morgan fingerprint density at radius 2 is 1.49 bits per heavy atom. The molecule has 3 aromatic carbocycles. The summed E-state index contributed by atoms with van der Waals surface area (Å²) in [5.74, 6) is -1.41. The molecule has 0 heterocycles. The molecule has 1 aliphatic rings. The van der Waals surface area contributed by atoms with Crippen LogP contribution in [0.15, 0.2) is 72.4 Å². The van der Waals surface area contributed by atoms with Crippen LogP contribution in [0.3, 0.4) is 0 Å². The summed E-state index contributed by atoms with van der Waals surface area (Å²) in [6.45, 7) is 15.3. The van der Waals surface area contributed by atoms with Crippen molar-refractivity contribution in [1.82, 2.24) is 0 Å². The number of hydrogen-bond donors (Lipinski definition) is 0. The number of esters is 3. The Bertz CT molecular complexity index is 1970. The summed E-state index contributed by atoms with van der Waals surface area (Å²) in [6, 6.07) is 22.8. The first kappa shape index (κ1) is 42.6. The van der Waals surface area contributed by atoms with E-state index in [1.54, 1.807) is 12.1 Å². The van der Waals surface area contributed by atoms with E-state index in [9.17, 15) is 19.6 Å². The molecule has 3 unspecified atom stereocenters. The number of benzene rings is 3. The van der Waals surface area contributed by atoms with E-state index < -0.39 is 31.6 Å². The molecule has 0 aliphatic heterocycles. The van der Waals surface area contributed by atoms with E-state index in [-0.39, 0.29) is 37.2 Å². The first-order valence-electron chi connectivity index (χ1n) is 18.2. The van der Waals surface area contributed by atoms with Crippen LogP contribution >= 0.6 is 0 Å². The molecule has 0 amide bonds. The van der Waals surface area contributed by atoms with E-state index in [4.69, 9.17) is 34.1 Å². The summed E-state index contributed by atoms with van der Waals surface area (Å²) in [7, 11) is 3.14. The zero-order chi connectivity index (χ0) is 40.4. The summed E-state index contributed by atoms with van der Waals surface area (Å²) < 4.78 is 33.3. The molecule has 0 bridgehead atoms. The van der Waals surface area contributed by atoms with Gasteiger partial charge in [0.15, 0.2) is 0 Å². The summed E-state index contributed by atoms with van der Waals surface area (Å²) >= 11 is 0. The average Bonchev–Trinajstić information content (AvgIpc) is 3.54. The number of carbonyl (C=O) groups is 3. The number of allylic oxidation sites excluding steroid dienone is 1. The minimum Gasteiger partial charge on any atom is -0.469 e. The normalized spacial score (nSPS) is 15.5. The second kappa shape index (κ2) is 18.5. The number of methoxy groups -OCH3 is 1. The summed E-state index contributed by atoms with van der Waals surface area (Å²) in [5.41, 5.74) is 3.41. The van der Waals surface area contributed by atoms with Crippen molar-refractivity contribution >= 4 is 32.3 Å². The molecule has 0 saturated heterocycles. The molecule has 0 saturated carbocycles. The van der Waals surface area contributed by atoms with Gasteiger partial charge in [-0.25, -0.2) is 14.9 Å². The number of rotatable bonds is 18. The molecule has 0 radical (unpaired) electrons. The van der Waals surface area contributed by atoms with Gasteiger partial charge in [-0.05, 0) is 79.3 Å². The topological polar surface area (TPSA) is 135 Å². The van der Waals surface area contributed by atoms with Gasteiger partial charge >= 0.3 is 26.7 Å². The fraction of sp³-hybridized carbons (Fsp3) is 0.419. The number of hydrogen-bond acceptors (Lipinski definition) is 10. The molecule has 290 valence electrons. The van der Waals surface area contributed by atoms with Crippen molar-refractivity contribution < 1.29 is 41.9 Å². The first-order valence-corrected chi connectivity index (χ1v) is 20.1. The smallest absolute Gasteiger partial charge is 0.469 e. The van der Waals surface area contributed by atoms with Crippen LogP contribution < -0.4 is 0 Å². The summed E-state index contributed by atoms with van der Waals surface area (Å²) in [5, 5.41) is 9.67. The van der Waals surface area contributed by atoms with Crippen LogP contribution in [0, 0.1) is 28.7 Å². The highest BCUT2D eigenvalue weighted by molar-refractivity contribution is 6.60. The predicted molar refractivity (Wildman–Crippen MR) is 209 cm³/mol. The molecule has 0 spiro atoms. The highest BCUT2D eigenvalue weighted by Gasteiger charge is 2.46. The quantitative estimate of drug-likeness (QED) is 0.0242. The SMILES string of the molecule is [C-]#[N+]/C(C#N)=C1/c2ccccc2-c2c(C(=O)OCc3ccc(C(C)CC(C)(CC(C)(CC)C(=O)OC)C(=O)OCCC[Si](OC)(OC)OC)cc3)cccc21. The highest BCUT2D eigenvalue weighted by Crippen LogP contribution is 2.48. The van der Waals surface area contributed by atoms with Gasteiger partial charge in [-0.2, -0.15) is 0 Å². The number of fused-ring (bicyclic) bond motifs is 3. The van der Waals surface area contributed by atoms with E-state index in [1.807, 2.05) is 88.4 Å². The van der Waals surface area contributed by atoms with Crippen molar-refractivity contribution in [2.24, 2.45) is 10.8 Å². The van der Waals surface area contributed by atoms with E-state index in [0.29, 0.717) is 47.6 Å². The Morgan fingerprint density at radius 3 is 2.07 bits per heavy atom. The Morgan fingerprint density at radius 1 is 0.855 bits per heavy atom. The van der Waals surface area contributed by atoms with Crippen molar-refractivity contribution in [3.63, 3.8) is 0 Å². The van der Waals surface area contributed by atoms with Gasteiger partial charge in [0.2, 0.25) is 0 Å². The molecular formula is C43H50N2O9Si. The van der Waals surface area contributed by atoms with Crippen molar-refractivity contribution in [2.75, 3.05) is 35.0 Å². The zero-order valence-corrected chi connectivity index (χ0v) is 33.9. The lowest BCUT2D eigenvalue weighted by atomic mass is 9.67. The van der Waals surface area contributed by atoms with Crippen molar-refractivity contribution in [3.8, 4) is 17.2 Å². The molecule has 4 rings (SSSR count). The van der Waals surface area contributed by atoms with Gasteiger partial charge in [-0.1, -0.05) is 74.5 Å². The molecule has 12 heteroatoms. The fourth-order valence-corrected chi connectivity index (χ4v) is 9.19. The molecule has 3 atom stereocenters. The Kier molecular flexibility index (Phi) is 14.3. The average molecular weight is 767 g/mol. The maximum Gasteiger partial charge on any atom is 0.500 e. The maximum absolute atomic E-state index is 13.9. The molecular weight excluding hydrogens is 717 g/mol. The molecule has 0 fully saturated rings. The fourth-order valence-electron chi connectivity index (χ4n) is 7.50. The number of nitrogens with zero attached hydrogens (tertiary/aromatic N) is 2. The van der Waals surface area contributed by atoms with Gasteiger partial charge in [0.25, 0.3) is 5.70 Å². The van der Waals surface area contributed by atoms with Crippen LogP contribution in [0.4, 0.5) is 0 Å². The highest BCUT2D eigenvalue weighted by atomic mass is 28.4. The second-order valence-electron chi connectivity index (χ2n) is 14.3. The minimum atomic E-state index is -2.83. The molecule has 55 heavy (non-hydrogen) atoms. The van der Waals surface area contributed by atoms with Gasteiger partial charge < -0.3 is 27.5 Å². The number of nitriles is 1. The second-order valence-corrected chi connectivity index (χ2v) is 17.4. The maximum atomic E-state index is 13.9. The lowest BCUT2D eigenvalue weighted by Gasteiger charge is -2.37. The van der Waals surface area contributed by atoms with Crippen LogP contribution in [0.25, 0.3) is 21.5 Å². The van der Waals surface area contributed by atoms with Crippen molar-refractivity contribution in [2.45, 2.75) is 71.9 Å². The summed E-state index contributed by atoms with van der Waals surface area (Å²) in [4.78, 5) is 43.8. The number of ether oxygens (including phenoxy) is 3. The van der Waals surface area contributed by atoms with Crippen LogP contribution in [0.5, 0.6) is 0 Å². The monoisotopic (exact) mass is 766 g/mol. The molecule has 3 aromatic rings. The first-order chi connectivity index (χ1) is 26.3. The van der Waals surface area contributed by atoms with Gasteiger partial charge in [0.1, 0.15) is 6.61 Å². The number of carbonyl (C=O) groups excluding carboxylic acids is 3. The van der Waals surface area contributed by atoms with E-state index >= 15 is 0 Å². The minimum absolute atomic E-state index is 0.0182. The van der Waals surface area contributed by atoms with Crippen LogP contribution in [-0.4, -0.2) is 61.8 Å². The lowest BCUT2D eigenvalue weighted by Crippen LogP contribution is -2.43. The standard InChI is InChI=1S/C43H50N2O9Si/c1-10-42(3,40(47)49-6)28-43(4,41(48)53-23-14-24-55(50-7,51-8)52-9)25-29(2)31-21-19-30(20-22-31)27-54-39(46)35-18-13-17-34-37(35)32-15-11-12-16-33(32)38(34)36(26-44)45-5/h11-13,15-22,29H,10,14,23-25,27-28H2,1-4,6-9H3/b38-36-. The largest absolute Gasteiger partial charge is 0.500 e. The van der Waals surface area contributed by atoms with Crippen LogP contribution in [-0.2, 0) is 43.7 Å². The Labute approximate surface area is 325 Å². The van der Waals surface area contributed by atoms with Crippen molar-refractivity contribution in [1.29, 1.82) is 5.26 Å². The third-order valence-corrected chi connectivity index (χ3v) is 13.5. The van der Waals surface area contributed by atoms with E-state index in [2.05, 4.69) is 4.85 Å². The third kappa shape index (κ3) is 9.23. The third-order valence-electron chi connectivity index (χ3n) is 10.7. The Balaban J connectivity index is 1.49. The lowest BCUT2D eigenvalue weighted by molar-refractivity contribution is -0.163.